The molecule has 0 bridgehead atoms. The summed E-state index contributed by atoms with van der Waals surface area (Å²) in [5, 5.41) is 21.7. The quantitative estimate of drug-likeness (QED) is 0.675. The molecular weight excluding hydrogens is 192 g/mol. The third-order valence-corrected chi connectivity index (χ3v) is 2.24. The maximum atomic E-state index is 9.53. The van der Waals surface area contributed by atoms with Gasteiger partial charge in [0, 0.05) is 13.1 Å². The van der Waals surface area contributed by atoms with Gasteiger partial charge in [-0.3, -0.25) is 4.98 Å². The summed E-state index contributed by atoms with van der Waals surface area (Å²) in [5.74, 6) is 0.422. The van der Waals surface area contributed by atoms with Crippen molar-refractivity contribution in [3.8, 4) is 5.75 Å². The van der Waals surface area contributed by atoms with Gasteiger partial charge in [-0.1, -0.05) is 13.8 Å². The van der Waals surface area contributed by atoms with Gasteiger partial charge in [0.25, 0.3) is 0 Å². The number of pyridine rings is 1. The van der Waals surface area contributed by atoms with E-state index >= 15 is 0 Å². The third-order valence-electron chi connectivity index (χ3n) is 2.24. The van der Waals surface area contributed by atoms with E-state index in [4.69, 9.17) is 5.11 Å². The van der Waals surface area contributed by atoms with Crippen LogP contribution >= 0.6 is 0 Å². The van der Waals surface area contributed by atoms with Crippen molar-refractivity contribution in [3.05, 3.63) is 24.0 Å². The number of hydrogen-bond acceptors (Lipinski definition) is 4. The molecule has 1 unspecified atom stereocenters. The highest BCUT2D eigenvalue weighted by atomic mass is 16.3. The molecule has 1 aromatic heterocycles. The molecule has 0 aliphatic rings. The Morgan fingerprint density at radius 3 is 2.67 bits per heavy atom. The zero-order valence-electron chi connectivity index (χ0n) is 9.14. The predicted molar refractivity (Wildman–Crippen MR) is 58.5 cm³/mol. The molecule has 1 aromatic rings. The summed E-state index contributed by atoms with van der Waals surface area (Å²) in [7, 11) is 0. The number of nitrogens with zero attached hydrogens (tertiary/aromatic N) is 1. The Morgan fingerprint density at radius 2 is 2.13 bits per heavy atom. The molecule has 0 amide bonds. The molecule has 0 aliphatic carbocycles. The fourth-order valence-corrected chi connectivity index (χ4v) is 1.11. The Hall–Kier alpha value is -1.13. The van der Waals surface area contributed by atoms with Gasteiger partial charge in [-0.2, -0.15) is 0 Å². The van der Waals surface area contributed by atoms with Crippen molar-refractivity contribution < 1.29 is 10.2 Å². The lowest BCUT2D eigenvalue weighted by molar-refractivity contribution is 0.123. The first-order valence-corrected chi connectivity index (χ1v) is 5.12. The van der Waals surface area contributed by atoms with Crippen molar-refractivity contribution >= 4 is 0 Å². The van der Waals surface area contributed by atoms with Crippen LogP contribution in [-0.4, -0.2) is 27.8 Å². The smallest absolute Gasteiger partial charge is 0.133 e. The van der Waals surface area contributed by atoms with E-state index in [-0.39, 0.29) is 17.8 Å². The molecule has 1 rings (SSSR count). The van der Waals surface area contributed by atoms with Crippen LogP contribution < -0.4 is 5.32 Å². The molecule has 0 aliphatic heterocycles. The zero-order chi connectivity index (χ0) is 11.3. The third kappa shape index (κ3) is 4.27. The van der Waals surface area contributed by atoms with Gasteiger partial charge in [0.05, 0.1) is 18.0 Å². The molecule has 0 fully saturated rings. The van der Waals surface area contributed by atoms with Crippen LogP contribution in [0.1, 0.15) is 19.5 Å². The minimum absolute atomic E-state index is 0.168. The minimum atomic E-state index is -0.331. The summed E-state index contributed by atoms with van der Waals surface area (Å²) in [6.45, 7) is 5.11. The highest BCUT2D eigenvalue weighted by molar-refractivity contribution is 5.17. The van der Waals surface area contributed by atoms with Crippen LogP contribution in [0.4, 0.5) is 0 Å². The van der Waals surface area contributed by atoms with Crippen molar-refractivity contribution in [2.24, 2.45) is 5.92 Å². The van der Waals surface area contributed by atoms with E-state index < -0.39 is 0 Å². The maximum Gasteiger partial charge on any atom is 0.133 e. The first-order chi connectivity index (χ1) is 7.09. The average Bonchev–Trinajstić information content (AvgIpc) is 2.20. The summed E-state index contributed by atoms with van der Waals surface area (Å²) in [6, 6.07) is 3.35. The lowest BCUT2D eigenvalue weighted by Crippen LogP contribution is -2.30. The summed E-state index contributed by atoms with van der Waals surface area (Å²) in [5.41, 5.74) is 0.851. The second-order valence-corrected chi connectivity index (χ2v) is 3.95. The Bertz CT molecular complexity index is 285. The molecule has 0 aromatic carbocycles. The van der Waals surface area contributed by atoms with E-state index in [0.29, 0.717) is 13.1 Å². The number of aliphatic hydroxyl groups is 1. The van der Waals surface area contributed by atoms with Gasteiger partial charge in [0.2, 0.25) is 0 Å². The van der Waals surface area contributed by atoms with E-state index in [0.717, 1.165) is 5.69 Å². The molecular formula is C11H18N2O2. The lowest BCUT2D eigenvalue weighted by Gasteiger charge is -2.14. The van der Waals surface area contributed by atoms with Crippen molar-refractivity contribution in [2.75, 3.05) is 6.54 Å². The molecule has 0 radical (unpaired) electrons. The first-order valence-electron chi connectivity index (χ1n) is 5.12. The highest BCUT2D eigenvalue weighted by Crippen LogP contribution is 2.05. The molecule has 4 heteroatoms. The van der Waals surface area contributed by atoms with Gasteiger partial charge in [-0.15, -0.1) is 0 Å². The van der Waals surface area contributed by atoms with Crippen LogP contribution in [0.5, 0.6) is 5.75 Å². The Balaban J connectivity index is 2.29. The monoisotopic (exact) mass is 210 g/mol. The summed E-state index contributed by atoms with van der Waals surface area (Å²) < 4.78 is 0. The number of hydrogen-bond donors (Lipinski definition) is 3. The van der Waals surface area contributed by atoms with Gasteiger partial charge < -0.3 is 15.5 Å². The number of aromatic hydroxyl groups is 1. The minimum Gasteiger partial charge on any atom is -0.506 e. The molecule has 0 saturated carbocycles. The highest BCUT2D eigenvalue weighted by Gasteiger charge is 2.07. The van der Waals surface area contributed by atoms with Crippen molar-refractivity contribution in [1.82, 2.24) is 10.3 Å². The molecule has 3 N–H and O–H groups in total. The largest absolute Gasteiger partial charge is 0.506 e. The molecule has 1 atom stereocenters. The topological polar surface area (TPSA) is 65.4 Å². The molecule has 4 nitrogen and oxygen atoms in total. The summed E-state index contributed by atoms with van der Waals surface area (Å²) in [6.07, 6.45) is 1.08. The molecule has 0 spiro atoms. The number of aliphatic hydroxyl groups excluding tert-OH is 1. The normalized spacial score (nSPS) is 13.1. The van der Waals surface area contributed by atoms with Crippen LogP contribution in [0.15, 0.2) is 18.3 Å². The fourth-order valence-electron chi connectivity index (χ4n) is 1.11. The first kappa shape index (κ1) is 11.9. The lowest BCUT2D eigenvalue weighted by atomic mass is 10.1. The van der Waals surface area contributed by atoms with E-state index in [1.165, 1.54) is 6.20 Å². The van der Waals surface area contributed by atoms with Crippen molar-refractivity contribution in [1.29, 1.82) is 0 Å². The van der Waals surface area contributed by atoms with Gasteiger partial charge >= 0.3 is 0 Å². The molecule has 0 saturated heterocycles. The molecule has 84 valence electrons. The Kier molecular flexibility index (Phi) is 4.52. The van der Waals surface area contributed by atoms with Gasteiger partial charge in [0.15, 0.2) is 0 Å². The standard InChI is InChI=1S/C11H18N2O2/c1-8(2)11(15)7-12-5-9-3-4-10(14)6-13-9/h3-4,6,8,11-12,14-15H,5,7H2,1-2H3. The summed E-state index contributed by atoms with van der Waals surface area (Å²) in [4.78, 5) is 4.03. The second-order valence-electron chi connectivity index (χ2n) is 3.95. The Morgan fingerprint density at radius 1 is 1.40 bits per heavy atom. The fraction of sp³-hybridized carbons (Fsp3) is 0.545. The second kappa shape index (κ2) is 5.68. The SMILES string of the molecule is CC(C)C(O)CNCc1ccc(O)cn1. The van der Waals surface area contributed by atoms with E-state index in [9.17, 15) is 5.11 Å². The number of nitrogens with one attached hydrogen (secondary N) is 1. The van der Waals surface area contributed by atoms with Crippen LogP contribution in [0, 0.1) is 5.92 Å². The number of aromatic nitrogens is 1. The van der Waals surface area contributed by atoms with Gasteiger partial charge in [0.1, 0.15) is 5.75 Å². The van der Waals surface area contributed by atoms with Gasteiger partial charge in [-0.25, -0.2) is 0 Å². The van der Waals surface area contributed by atoms with E-state index in [2.05, 4.69) is 10.3 Å². The molecule has 15 heavy (non-hydrogen) atoms. The maximum absolute atomic E-state index is 9.53. The average molecular weight is 210 g/mol. The Labute approximate surface area is 90.0 Å². The number of rotatable bonds is 5. The van der Waals surface area contributed by atoms with Crippen molar-refractivity contribution in [2.45, 2.75) is 26.5 Å². The predicted octanol–water partition coefficient (Wildman–Crippen LogP) is 0.894. The van der Waals surface area contributed by atoms with Crippen LogP contribution in [0.2, 0.25) is 0 Å². The van der Waals surface area contributed by atoms with Gasteiger partial charge in [-0.05, 0) is 18.1 Å². The zero-order valence-corrected chi connectivity index (χ0v) is 9.14. The van der Waals surface area contributed by atoms with Crippen LogP contribution in [0.25, 0.3) is 0 Å². The van der Waals surface area contributed by atoms with E-state index in [1.807, 2.05) is 13.8 Å². The van der Waals surface area contributed by atoms with E-state index in [1.54, 1.807) is 12.1 Å². The van der Waals surface area contributed by atoms with Crippen molar-refractivity contribution in [3.63, 3.8) is 0 Å². The van der Waals surface area contributed by atoms with Crippen LogP contribution in [-0.2, 0) is 6.54 Å². The van der Waals surface area contributed by atoms with Crippen LogP contribution in [0.3, 0.4) is 0 Å². The molecule has 1 heterocycles. The summed E-state index contributed by atoms with van der Waals surface area (Å²) >= 11 is 0.